The van der Waals surface area contributed by atoms with Gasteiger partial charge in [0, 0.05) is 89.3 Å². The predicted molar refractivity (Wildman–Crippen MR) is 417 cm³/mol. The highest BCUT2D eigenvalue weighted by molar-refractivity contribution is 6.10. The Morgan fingerprint density at radius 1 is 0.216 bits per heavy atom. The standard InChI is InChI=1S/C48H32N4O.C44H30N4O/c1-2-12-35(13-3-1)47-49-48(53-50-47)36-23-27-38(28-24-36)51(37-25-21-34(22-26-37)42-18-10-14-33-11-4-5-15-41(33)42)39-29-31-40(32-30-39)52-45-19-8-6-16-43(45)44-17-7-9-20-46(44)52;1-3-11-31(12-4-1)32-19-23-35(24-20-32)47(36-25-21-34(22-26-36)44-45-43(46-49-44)33-13-5-2-6-14-33)37-27-29-38(30-28-37)48-41-17-9-7-15-39(41)40-16-8-10-18-42(40)48/h1-32H;1-30H. The molecule has 0 aliphatic heterocycles. The van der Waals surface area contributed by atoms with Gasteiger partial charge in [-0.25, -0.2) is 0 Å². The molecule has 0 unspecified atom stereocenters. The smallest absolute Gasteiger partial charge is 0.258 e. The Morgan fingerprint density at radius 3 is 0.882 bits per heavy atom. The van der Waals surface area contributed by atoms with E-state index in [2.05, 4.69) is 324 Å². The van der Waals surface area contributed by atoms with Crippen LogP contribution >= 0.6 is 0 Å². The molecule has 0 N–H and O–H groups in total. The van der Waals surface area contributed by atoms with Crippen molar-refractivity contribution in [2.45, 2.75) is 0 Å². The molecule has 0 aliphatic carbocycles. The van der Waals surface area contributed by atoms with Crippen molar-refractivity contribution in [2.24, 2.45) is 0 Å². The fraction of sp³-hybridized carbons (Fsp3) is 0. The van der Waals surface area contributed by atoms with E-state index in [0.29, 0.717) is 23.4 Å². The summed E-state index contributed by atoms with van der Waals surface area (Å²) in [6, 6.07) is 131. The van der Waals surface area contributed by atoms with Crippen LogP contribution in [0.2, 0.25) is 0 Å². The second kappa shape index (κ2) is 26.5. The quantitative estimate of drug-likeness (QED) is 0.106. The summed E-state index contributed by atoms with van der Waals surface area (Å²) in [5.41, 5.74) is 21.5. The summed E-state index contributed by atoms with van der Waals surface area (Å²) in [4.78, 5) is 13.9. The van der Waals surface area contributed by atoms with Gasteiger partial charge in [-0.15, -0.1) is 0 Å². The average molecular weight is 1310 g/mol. The lowest BCUT2D eigenvalue weighted by atomic mass is 9.98. The van der Waals surface area contributed by atoms with Crippen molar-refractivity contribution in [3.63, 3.8) is 0 Å². The lowest BCUT2D eigenvalue weighted by Gasteiger charge is -2.26. The lowest BCUT2D eigenvalue weighted by molar-refractivity contribution is 0.432. The maximum atomic E-state index is 5.69. The number of nitrogens with zero attached hydrogens (tertiary/aromatic N) is 8. The molecule has 10 nitrogen and oxygen atoms in total. The van der Waals surface area contributed by atoms with Crippen LogP contribution in [0.15, 0.2) is 385 Å². The van der Waals surface area contributed by atoms with E-state index in [4.69, 9.17) is 9.05 Å². The van der Waals surface area contributed by atoms with Crippen molar-refractivity contribution >= 4 is 88.5 Å². The Kier molecular flexibility index (Phi) is 15.7. The first-order chi connectivity index (χ1) is 50.6. The van der Waals surface area contributed by atoms with Gasteiger partial charge in [-0.2, -0.15) is 9.97 Å². The van der Waals surface area contributed by atoms with E-state index >= 15 is 0 Å². The van der Waals surface area contributed by atoms with Gasteiger partial charge in [0.25, 0.3) is 11.8 Å². The average Bonchev–Trinajstić information content (AvgIpc) is 1.59. The van der Waals surface area contributed by atoms with E-state index in [1.54, 1.807) is 0 Å². The molecule has 0 saturated heterocycles. The number of para-hydroxylation sites is 4. The van der Waals surface area contributed by atoms with Crippen LogP contribution in [0.1, 0.15) is 0 Å². The number of hydrogen-bond donors (Lipinski definition) is 0. The molecule has 0 radical (unpaired) electrons. The molecule has 0 amide bonds. The van der Waals surface area contributed by atoms with E-state index in [0.717, 1.165) is 67.8 Å². The molecule has 482 valence electrons. The third-order valence-electron chi connectivity index (χ3n) is 19.0. The molecule has 0 saturated carbocycles. The summed E-state index contributed by atoms with van der Waals surface area (Å²) in [5, 5.41) is 15.9. The van der Waals surface area contributed by atoms with Gasteiger partial charge < -0.3 is 28.0 Å². The molecule has 4 heterocycles. The highest BCUT2D eigenvalue weighted by atomic mass is 16.5. The molecule has 19 rings (SSSR count). The van der Waals surface area contributed by atoms with Crippen molar-refractivity contribution in [1.82, 2.24) is 29.4 Å². The van der Waals surface area contributed by atoms with Crippen LogP contribution < -0.4 is 9.80 Å². The van der Waals surface area contributed by atoms with Gasteiger partial charge >= 0.3 is 0 Å². The fourth-order valence-corrected chi connectivity index (χ4v) is 14.1. The lowest BCUT2D eigenvalue weighted by Crippen LogP contribution is -2.10. The Bertz CT molecular complexity index is 6040. The van der Waals surface area contributed by atoms with Gasteiger partial charge in [0.15, 0.2) is 0 Å². The van der Waals surface area contributed by atoms with E-state index < -0.39 is 0 Å². The molecule has 10 heteroatoms. The van der Waals surface area contributed by atoms with Crippen LogP contribution in [-0.4, -0.2) is 29.4 Å². The first-order valence-electron chi connectivity index (χ1n) is 34.1. The third kappa shape index (κ3) is 11.5. The molecule has 4 aromatic heterocycles. The molecule has 0 aliphatic rings. The zero-order valence-corrected chi connectivity index (χ0v) is 55.2. The highest BCUT2D eigenvalue weighted by Crippen LogP contribution is 2.42. The first-order valence-corrected chi connectivity index (χ1v) is 34.1. The zero-order chi connectivity index (χ0) is 67.7. The minimum absolute atomic E-state index is 0.483. The summed E-state index contributed by atoms with van der Waals surface area (Å²) in [7, 11) is 0. The monoisotopic (exact) mass is 1310 g/mol. The van der Waals surface area contributed by atoms with Crippen molar-refractivity contribution in [2.75, 3.05) is 9.80 Å². The Balaban J connectivity index is 0.000000147. The first kappa shape index (κ1) is 60.5. The van der Waals surface area contributed by atoms with Gasteiger partial charge in [-0.1, -0.05) is 241 Å². The van der Waals surface area contributed by atoms with Crippen LogP contribution in [-0.2, 0) is 0 Å². The Morgan fingerprint density at radius 2 is 0.500 bits per heavy atom. The van der Waals surface area contributed by atoms with Crippen LogP contribution in [0.4, 0.5) is 34.1 Å². The number of anilines is 6. The fourth-order valence-electron chi connectivity index (χ4n) is 14.1. The van der Waals surface area contributed by atoms with Crippen LogP contribution in [0.5, 0.6) is 0 Å². The Labute approximate surface area is 588 Å². The summed E-state index contributed by atoms with van der Waals surface area (Å²) in [6.07, 6.45) is 0. The van der Waals surface area contributed by atoms with Gasteiger partial charge in [-0.3, -0.25) is 0 Å². The molecule has 0 spiro atoms. The minimum Gasteiger partial charge on any atom is -0.334 e. The molecular weight excluding hydrogens is 1250 g/mol. The highest BCUT2D eigenvalue weighted by Gasteiger charge is 2.21. The normalized spacial score (nSPS) is 11.3. The molecule has 0 atom stereocenters. The summed E-state index contributed by atoms with van der Waals surface area (Å²) >= 11 is 0. The minimum atomic E-state index is 0.483. The van der Waals surface area contributed by atoms with Gasteiger partial charge in [0.2, 0.25) is 11.6 Å². The number of hydrogen-bond acceptors (Lipinski definition) is 8. The molecule has 15 aromatic carbocycles. The largest absolute Gasteiger partial charge is 0.334 e. The number of rotatable bonds is 14. The Hall–Kier alpha value is -14.0. The summed E-state index contributed by atoms with van der Waals surface area (Å²) in [6.45, 7) is 0. The third-order valence-corrected chi connectivity index (χ3v) is 19.0. The maximum Gasteiger partial charge on any atom is 0.258 e. The second-order valence-corrected chi connectivity index (χ2v) is 25.1. The van der Waals surface area contributed by atoms with E-state index in [-0.39, 0.29) is 0 Å². The van der Waals surface area contributed by atoms with E-state index in [1.807, 2.05) is 91.0 Å². The molecule has 0 bridgehead atoms. The number of fused-ring (bicyclic) bond motifs is 7. The van der Waals surface area contributed by atoms with Gasteiger partial charge in [-0.05, 0) is 179 Å². The SMILES string of the molecule is c1ccc(-c2ccc(N(c3ccc(-c4nc(-c5ccccc5)no4)cc3)c3ccc(-n4c5ccccc5c5ccccc54)cc3)cc2)cc1.c1ccc(-c2noc(-c3ccc(N(c4ccc(-c5cccc6ccccc56)cc4)c4ccc(-n5c6ccccc6c6ccccc65)cc4)cc3)n2)cc1. The summed E-state index contributed by atoms with van der Waals surface area (Å²) in [5.74, 6) is 2.11. The second-order valence-electron chi connectivity index (χ2n) is 25.1. The van der Waals surface area contributed by atoms with E-state index in [9.17, 15) is 0 Å². The molecular formula is C92H62N8O2. The maximum absolute atomic E-state index is 5.69. The molecule has 19 aromatic rings. The van der Waals surface area contributed by atoms with Gasteiger partial charge in [0.1, 0.15) is 0 Å². The number of benzene rings is 15. The van der Waals surface area contributed by atoms with Crippen LogP contribution in [0.25, 0.3) is 134 Å². The van der Waals surface area contributed by atoms with E-state index in [1.165, 1.54) is 76.6 Å². The number of aromatic nitrogens is 6. The van der Waals surface area contributed by atoms with Crippen LogP contribution in [0, 0.1) is 0 Å². The van der Waals surface area contributed by atoms with Gasteiger partial charge in [0.05, 0.1) is 22.1 Å². The topological polar surface area (TPSA) is 94.2 Å². The molecule has 102 heavy (non-hydrogen) atoms. The molecule has 0 fully saturated rings. The van der Waals surface area contributed by atoms with Crippen molar-refractivity contribution in [1.29, 1.82) is 0 Å². The van der Waals surface area contributed by atoms with Crippen molar-refractivity contribution in [3.8, 4) is 79.3 Å². The summed E-state index contributed by atoms with van der Waals surface area (Å²) < 4.78 is 16.0. The van der Waals surface area contributed by atoms with Crippen molar-refractivity contribution in [3.05, 3.63) is 376 Å². The van der Waals surface area contributed by atoms with Crippen LogP contribution in [0.3, 0.4) is 0 Å². The zero-order valence-electron chi connectivity index (χ0n) is 55.2. The van der Waals surface area contributed by atoms with Crippen molar-refractivity contribution < 1.29 is 9.05 Å². The predicted octanol–water partition coefficient (Wildman–Crippen LogP) is 24.4.